The highest BCUT2D eigenvalue weighted by atomic mass is 19.1. The molecule has 3 aromatic rings. The van der Waals surface area contributed by atoms with Crippen LogP contribution in [-0.2, 0) is 6.54 Å². The summed E-state index contributed by atoms with van der Waals surface area (Å²) in [5, 5.41) is 3.07. The number of aryl methyl sites for hydroxylation is 1. The van der Waals surface area contributed by atoms with Gasteiger partial charge in [0.1, 0.15) is 11.5 Å². The maximum absolute atomic E-state index is 13.1. The standard InChI is InChI=1S/C32H35FN4O3/c1-22-2-6-24(7-3-22)30(38)25-12-18-37(19-13-25)32(40)26-8-11-29(34-20-26)31(39)35-28-14-16-36(17-15-28)21-23-4-9-27(33)10-5-23/h2-11,20,25,28H,12-19,21H2,1H3,(H,35,39). The van der Waals surface area contributed by atoms with E-state index >= 15 is 0 Å². The fourth-order valence-corrected chi connectivity index (χ4v) is 5.48. The molecule has 2 fully saturated rings. The number of amides is 2. The molecule has 2 saturated heterocycles. The van der Waals surface area contributed by atoms with Crippen LogP contribution in [0.15, 0.2) is 66.9 Å². The number of aromatic nitrogens is 1. The molecule has 0 atom stereocenters. The first-order valence-electron chi connectivity index (χ1n) is 14.0. The number of nitrogens with one attached hydrogen (secondary N) is 1. The largest absolute Gasteiger partial charge is 0.348 e. The molecule has 7 nitrogen and oxygen atoms in total. The van der Waals surface area contributed by atoms with Crippen molar-refractivity contribution in [1.29, 1.82) is 0 Å². The molecule has 5 rings (SSSR count). The zero-order valence-corrected chi connectivity index (χ0v) is 22.8. The summed E-state index contributed by atoms with van der Waals surface area (Å²) in [4.78, 5) is 47.0. The molecule has 3 heterocycles. The lowest BCUT2D eigenvalue weighted by molar-refractivity contribution is 0.0649. The fraction of sp³-hybridized carbons (Fsp3) is 0.375. The average molecular weight is 543 g/mol. The third kappa shape index (κ3) is 6.80. The molecule has 0 bridgehead atoms. The van der Waals surface area contributed by atoms with Crippen molar-refractivity contribution in [2.24, 2.45) is 5.92 Å². The van der Waals surface area contributed by atoms with Crippen molar-refractivity contribution in [1.82, 2.24) is 20.1 Å². The van der Waals surface area contributed by atoms with Crippen molar-refractivity contribution in [2.75, 3.05) is 26.2 Å². The number of hydrogen-bond acceptors (Lipinski definition) is 5. The molecule has 8 heteroatoms. The summed E-state index contributed by atoms with van der Waals surface area (Å²) in [6.45, 7) is 5.48. The van der Waals surface area contributed by atoms with Gasteiger partial charge >= 0.3 is 0 Å². The number of carbonyl (C=O) groups excluding carboxylic acids is 3. The second kappa shape index (κ2) is 12.5. The molecular formula is C32H35FN4O3. The highest BCUT2D eigenvalue weighted by Crippen LogP contribution is 2.23. The first kappa shape index (κ1) is 27.6. The summed E-state index contributed by atoms with van der Waals surface area (Å²) < 4.78 is 13.1. The molecule has 1 N–H and O–H groups in total. The molecule has 2 aliphatic rings. The van der Waals surface area contributed by atoms with Crippen LogP contribution in [0.5, 0.6) is 0 Å². The number of ketones is 1. The number of benzene rings is 2. The normalized spacial score (nSPS) is 17.0. The lowest BCUT2D eigenvalue weighted by atomic mass is 9.88. The van der Waals surface area contributed by atoms with E-state index in [4.69, 9.17) is 0 Å². The Morgan fingerprint density at radius 2 is 1.50 bits per heavy atom. The van der Waals surface area contributed by atoms with Gasteiger partial charge in [-0.3, -0.25) is 24.3 Å². The SMILES string of the molecule is Cc1ccc(C(=O)C2CCN(C(=O)c3ccc(C(=O)NC4CCN(Cc5ccc(F)cc5)CC4)nc3)CC2)cc1. The quantitative estimate of drug-likeness (QED) is 0.439. The number of rotatable bonds is 7. The van der Waals surface area contributed by atoms with Gasteiger partial charge in [0.2, 0.25) is 0 Å². The number of Topliss-reactive ketones (excluding diaryl/α,β-unsaturated/α-hetero) is 1. The first-order chi connectivity index (χ1) is 19.4. The number of halogens is 1. The molecule has 40 heavy (non-hydrogen) atoms. The van der Waals surface area contributed by atoms with Crippen LogP contribution in [-0.4, -0.2) is 64.6 Å². The van der Waals surface area contributed by atoms with Crippen molar-refractivity contribution >= 4 is 17.6 Å². The van der Waals surface area contributed by atoms with Gasteiger partial charge in [-0.15, -0.1) is 0 Å². The van der Waals surface area contributed by atoms with E-state index < -0.39 is 0 Å². The Balaban J connectivity index is 1.07. The highest BCUT2D eigenvalue weighted by molar-refractivity contribution is 5.99. The fourth-order valence-electron chi connectivity index (χ4n) is 5.48. The van der Waals surface area contributed by atoms with Gasteiger partial charge in [0.15, 0.2) is 5.78 Å². The molecule has 2 aliphatic heterocycles. The number of carbonyl (C=O) groups is 3. The van der Waals surface area contributed by atoms with Crippen LogP contribution in [0.3, 0.4) is 0 Å². The molecule has 0 radical (unpaired) electrons. The number of nitrogens with zero attached hydrogens (tertiary/aromatic N) is 3. The monoisotopic (exact) mass is 542 g/mol. The number of pyridine rings is 1. The third-order valence-electron chi connectivity index (χ3n) is 7.97. The van der Waals surface area contributed by atoms with Gasteiger partial charge in [0, 0.05) is 56.4 Å². The predicted molar refractivity (Wildman–Crippen MR) is 151 cm³/mol. The van der Waals surface area contributed by atoms with Gasteiger partial charge in [-0.1, -0.05) is 42.0 Å². The van der Waals surface area contributed by atoms with Gasteiger partial charge in [0.25, 0.3) is 11.8 Å². The summed E-state index contributed by atoms with van der Waals surface area (Å²) in [5.74, 6) is -0.544. The van der Waals surface area contributed by atoms with E-state index in [9.17, 15) is 18.8 Å². The van der Waals surface area contributed by atoms with Crippen molar-refractivity contribution in [3.63, 3.8) is 0 Å². The minimum Gasteiger partial charge on any atom is -0.348 e. The van der Waals surface area contributed by atoms with Gasteiger partial charge in [-0.05, 0) is 62.4 Å². The lowest BCUT2D eigenvalue weighted by Gasteiger charge is -2.32. The van der Waals surface area contributed by atoms with Crippen LogP contribution >= 0.6 is 0 Å². The molecular weight excluding hydrogens is 507 g/mol. The van der Waals surface area contributed by atoms with Crippen LogP contribution < -0.4 is 5.32 Å². The molecule has 0 unspecified atom stereocenters. The summed E-state index contributed by atoms with van der Waals surface area (Å²) in [5.41, 5.74) is 3.64. The van der Waals surface area contributed by atoms with Gasteiger partial charge in [0.05, 0.1) is 5.56 Å². The summed E-state index contributed by atoms with van der Waals surface area (Å²) in [6, 6.07) is 17.5. The number of hydrogen-bond donors (Lipinski definition) is 1. The predicted octanol–water partition coefficient (Wildman–Crippen LogP) is 4.66. The van der Waals surface area contributed by atoms with Crippen molar-refractivity contribution < 1.29 is 18.8 Å². The maximum atomic E-state index is 13.1. The van der Waals surface area contributed by atoms with E-state index in [0.29, 0.717) is 31.5 Å². The molecule has 0 aliphatic carbocycles. The third-order valence-corrected chi connectivity index (χ3v) is 7.97. The van der Waals surface area contributed by atoms with Crippen molar-refractivity contribution in [3.05, 3.63) is 101 Å². The lowest BCUT2D eigenvalue weighted by Crippen LogP contribution is -2.44. The summed E-state index contributed by atoms with van der Waals surface area (Å²) in [7, 11) is 0. The summed E-state index contributed by atoms with van der Waals surface area (Å²) >= 11 is 0. The Hall–Kier alpha value is -3.91. The minimum absolute atomic E-state index is 0.0593. The zero-order valence-electron chi connectivity index (χ0n) is 22.8. The second-order valence-electron chi connectivity index (χ2n) is 10.9. The van der Waals surface area contributed by atoms with Crippen molar-refractivity contribution in [3.8, 4) is 0 Å². The minimum atomic E-state index is -0.244. The first-order valence-corrected chi connectivity index (χ1v) is 14.0. The van der Waals surface area contributed by atoms with Gasteiger partial charge < -0.3 is 10.2 Å². The van der Waals surface area contributed by atoms with Crippen LogP contribution in [0.4, 0.5) is 4.39 Å². The number of piperidine rings is 2. The van der Waals surface area contributed by atoms with Crippen molar-refractivity contribution in [2.45, 2.75) is 45.2 Å². The van der Waals surface area contributed by atoms with Crippen LogP contribution in [0.2, 0.25) is 0 Å². The van der Waals surface area contributed by atoms with E-state index in [-0.39, 0.29) is 41.1 Å². The Labute approximate surface area is 234 Å². The smallest absolute Gasteiger partial charge is 0.270 e. The highest BCUT2D eigenvalue weighted by Gasteiger charge is 2.29. The molecule has 0 spiro atoms. The Bertz CT molecular complexity index is 1330. The van der Waals surface area contributed by atoms with E-state index in [1.165, 1.54) is 18.3 Å². The molecule has 2 aromatic carbocycles. The van der Waals surface area contributed by atoms with Crippen LogP contribution in [0, 0.1) is 18.7 Å². The molecule has 208 valence electrons. The topological polar surface area (TPSA) is 82.6 Å². The van der Waals surface area contributed by atoms with Crippen LogP contribution in [0.1, 0.15) is 68.0 Å². The average Bonchev–Trinajstić information content (AvgIpc) is 2.99. The maximum Gasteiger partial charge on any atom is 0.270 e. The van der Waals surface area contributed by atoms with E-state index in [0.717, 1.165) is 49.2 Å². The van der Waals surface area contributed by atoms with Crippen LogP contribution in [0.25, 0.3) is 0 Å². The number of likely N-dealkylation sites (tertiary alicyclic amines) is 2. The molecule has 2 amide bonds. The molecule has 1 aromatic heterocycles. The van der Waals surface area contributed by atoms with E-state index in [1.807, 2.05) is 31.2 Å². The zero-order chi connectivity index (χ0) is 28.1. The molecule has 0 saturated carbocycles. The van der Waals surface area contributed by atoms with Gasteiger partial charge in [-0.25, -0.2) is 4.39 Å². The van der Waals surface area contributed by atoms with E-state index in [1.54, 1.807) is 29.2 Å². The summed E-state index contributed by atoms with van der Waals surface area (Å²) in [6.07, 6.45) is 4.38. The van der Waals surface area contributed by atoms with E-state index in [2.05, 4.69) is 15.2 Å². The van der Waals surface area contributed by atoms with Gasteiger partial charge in [-0.2, -0.15) is 0 Å². The Morgan fingerprint density at radius 3 is 2.12 bits per heavy atom. The Morgan fingerprint density at radius 1 is 0.850 bits per heavy atom. The second-order valence-corrected chi connectivity index (χ2v) is 10.9. The Kier molecular flexibility index (Phi) is 8.65.